The van der Waals surface area contributed by atoms with E-state index in [4.69, 9.17) is 14.4 Å². The fraction of sp³-hybridized carbons (Fsp3) is 0. The third-order valence-electron chi connectivity index (χ3n) is 10.9. The summed E-state index contributed by atoms with van der Waals surface area (Å²) in [6.45, 7) is 0. The molecule has 53 heavy (non-hydrogen) atoms. The first kappa shape index (κ1) is 28.5. The number of furan rings is 1. The summed E-state index contributed by atoms with van der Waals surface area (Å²) in [6, 6.07) is 59.9. The zero-order valence-corrected chi connectivity index (χ0v) is 28.4. The predicted octanol–water partition coefficient (Wildman–Crippen LogP) is 12.5. The number of hydrogen-bond acceptors (Lipinski definition) is 3. The highest BCUT2D eigenvalue weighted by Crippen LogP contribution is 2.46. The number of nitrogens with zero attached hydrogens (tertiary/aromatic N) is 4. The van der Waals surface area contributed by atoms with Crippen molar-refractivity contribution >= 4 is 87.2 Å². The highest BCUT2D eigenvalue weighted by atomic mass is 16.3. The SMILES string of the molecule is c1ccc(-c2nc(-n3c4ccc5c6ccccc6n(-c6cccc7ccccc67)c5c4c4ccc5oc6ccccc6c5c43)nc3ccccc23)cc1. The zero-order valence-electron chi connectivity index (χ0n) is 28.4. The number of hydrogen-bond donors (Lipinski definition) is 0. The van der Waals surface area contributed by atoms with Gasteiger partial charge in [-0.15, -0.1) is 0 Å². The zero-order chi connectivity index (χ0) is 34.6. The second-order valence-electron chi connectivity index (χ2n) is 13.7. The van der Waals surface area contributed by atoms with Gasteiger partial charge in [-0.2, -0.15) is 0 Å². The Morgan fingerprint density at radius 1 is 0.396 bits per heavy atom. The molecule has 0 aliphatic heterocycles. The van der Waals surface area contributed by atoms with Crippen LogP contribution in [0.4, 0.5) is 0 Å². The van der Waals surface area contributed by atoms with Crippen LogP contribution in [0.3, 0.4) is 0 Å². The maximum Gasteiger partial charge on any atom is 0.235 e. The standard InChI is InChI=1S/C48H28N4O/c1-2-14-30(15-3-1)45-34-19-6-9-21-37(34)49-48(50-45)52-40-27-25-33-32-18-7-10-22-39(32)51(38-23-12-16-29-13-4-5-17-31(29)38)46(33)43(40)36-26-28-42-44(47(36)52)35-20-8-11-24-41(35)53-42/h1-28H. The first-order valence-electron chi connectivity index (χ1n) is 17.9. The predicted molar refractivity (Wildman–Crippen MR) is 218 cm³/mol. The van der Waals surface area contributed by atoms with Crippen molar-refractivity contribution in [1.29, 1.82) is 0 Å². The Hall–Kier alpha value is -7.24. The van der Waals surface area contributed by atoms with Crippen LogP contribution in [0, 0.1) is 0 Å². The molecule has 0 bridgehead atoms. The second-order valence-corrected chi connectivity index (χ2v) is 13.7. The van der Waals surface area contributed by atoms with Crippen LogP contribution in [0.2, 0.25) is 0 Å². The van der Waals surface area contributed by atoms with E-state index in [1.807, 2.05) is 24.3 Å². The number of aromatic nitrogens is 4. The quantitative estimate of drug-likeness (QED) is 0.187. The number of fused-ring (bicyclic) bond motifs is 13. The van der Waals surface area contributed by atoms with E-state index in [2.05, 4.69) is 155 Å². The molecular formula is C48H28N4O. The summed E-state index contributed by atoms with van der Waals surface area (Å²) in [5, 5.41) is 10.2. The smallest absolute Gasteiger partial charge is 0.235 e. The Morgan fingerprint density at radius 3 is 2.00 bits per heavy atom. The second kappa shape index (κ2) is 10.6. The number of benzene rings is 8. The molecule has 0 amide bonds. The van der Waals surface area contributed by atoms with Crippen LogP contribution in [0.25, 0.3) is 110 Å². The van der Waals surface area contributed by atoms with E-state index in [1.54, 1.807) is 0 Å². The molecule has 5 heteroatoms. The van der Waals surface area contributed by atoms with Gasteiger partial charge in [-0.05, 0) is 47.9 Å². The summed E-state index contributed by atoms with van der Waals surface area (Å²) in [5.74, 6) is 0.618. The van der Waals surface area contributed by atoms with E-state index in [9.17, 15) is 0 Å². The van der Waals surface area contributed by atoms with Gasteiger partial charge in [-0.3, -0.25) is 4.57 Å². The third-order valence-corrected chi connectivity index (χ3v) is 10.9. The third kappa shape index (κ3) is 3.91. The van der Waals surface area contributed by atoms with Gasteiger partial charge >= 0.3 is 0 Å². The van der Waals surface area contributed by atoms with Crippen molar-refractivity contribution in [2.75, 3.05) is 0 Å². The molecule has 4 heterocycles. The Morgan fingerprint density at radius 2 is 1.09 bits per heavy atom. The molecule has 0 spiro atoms. The van der Waals surface area contributed by atoms with Gasteiger partial charge in [-0.25, -0.2) is 9.97 Å². The molecule has 0 fully saturated rings. The minimum atomic E-state index is 0.618. The Kier molecular flexibility index (Phi) is 5.71. The normalized spacial score (nSPS) is 12.2. The van der Waals surface area contributed by atoms with Crippen molar-refractivity contribution in [2.45, 2.75) is 0 Å². The minimum Gasteiger partial charge on any atom is -0.456 e. The molecular weight excluding hydrogens is 649 g/mol. The van der Waals surface area contributed by atoms with Crippen LogP contribution >= 0.6 is 0 Å². The largest absolute Gasteiger partial charge is 0.456 e. The average molecular weight is 677 g/mol. The first-order valence-corrected chi connectivity index (χ1v) is 17.9. The summed E-state index contributed by atoms with van der Waals surface area (Å²) in [6.07, 6.45) is 0. The van der Waals surface area contributed by atoms with Gasteiger partial charge in [0.15, 0.2) is 0 Å². The van der Waals surface area contributed by atoms with Crippen molar-refractivity contribution < 1.29 is 4.42 Å². The van der Waals surface area contributed by atoms with Crippen LogP contribution < -0.4 is 0 Å². The maximum atomic E-state index is 6.53. The number of para-hydroxylation sites is 3. The fourth-order valence-electron chi connectivity index (χ4n) is 8.69. The lowest BCUT2D eigenvalue weighted by atomic mass is 10.0. The molecule has 0 aliphatic carbocycles. The van der Waals surface area contributed by atoms with Gasteiger partial charge in [0.1, 0.15) is 11.2 Å². The Labute approximate surface area is 302 Å². The lowest BCUT2D eigenvalue weighted by Crippen LogP contribution is -2.03. The van der Waals surface area contributed by atoms with E-state index >= 15 is 0 Å². The molecule has 4 aromatic heterocycles. The summed E-state index contributed by atoms with van der Waals surface area (Å²) in [4.78, 5) is 10.8. The molecule has 0 radical (unpaired) electrons. The van der Waals surface area contributed by atoms with Gasteiger partial charge in [0, 0.05) is 43.3 Å². The molecule has 5 nitrogen and oxygen atoms in total. The van der Waals surface area contributed by atoms with E-state index in [0.29, 0.717) is 5.95 Å². The minimum absolute atomic E-state index is 0.618. The molecule has 12 rings (SSSR count). The Bertz CT molecular complexity index is 3450. The van der Waals surface area contributed by atoms with Crippen molar-refractivity contribution in [3.8, 4) is 22.9 Å². The summed E-state index contributed by atoms with van der Waals surface area (Å²) >= 11 is 0. The van der Waals surface area contributed by atoms with Gasteiger partial charge in [-0.1, -0.05) is 127 Å². The van der Waals surface area contributed by atoms with Gasteiger partial charge < -0.3 is 8.98 Å². The van der Waals surface area contributed by atoms with E-state index in [1.165, 1.54) is 21.5 Å². The molecule has 246 valence electrons. The van der Waals surface area contributed by atoms with Crippen LogP contribution in [0.1, 0.15) is 0 Å². The summed E-state index contributed by atoms with van der Waals surface area (Å²) < 4.78 is 11.3. The van der Waals surface area contributed by atoms with E-state index in [-0.39, 0.29) is 0 Å². The summed E-state index contributed by atoms with van der Waals surface area (Å²) in [5.41, 5.74) is 10.0. The Balaban J connectivity index is 1.33. The van der Waals surface area contributed by atoms with Crippen LogP contribution in [-0.4, -0.2) is 19.1 Å². The van der Waals surface area contributed by atoms with Crippen molar-refractivity contribution in [1.82, 2.24) is 19.1 Å². The van der Waals surface area contributed by atoms with Crippen LogP contribution in [0.5, 0.6) is 0 Å². The topological polar surface area (TPSA) is 48.8 Å². The van der Waals surface area contributed by atoms with E-state index in [0.717, 1.165) is 82.6 Å². The van der Waals surface area contributed by atoms with Crippen molar-refractivity contribution in [3.05, 3.63) is 170 Å². The number of rotatable bonds is 3. The lowest BCUT2D eigenvalue weighted by Gasteiger charge is -2.13. The van der Waals surface area contributed by atoms with E-state index < -0.39 is 0 Å². The van der Waals surface area contributed by atoms with Crippen molar-refractivity contribution in [3.63, 3.8) is 0 Å². The highest BCUT2D eigenvalue weighted by Gasteiger charge is 2.26. The maximum absolute atomic E-state index is 6.53. The molecule has 0 aliphatic rings. The van der Waals surface area contributed by atoms with Crippen molar-refractivity contribution in [2.24, 2.45) is 0 Å². The van der Waals surface area contributed by atoms with Crippen LogP contribution in [0.15, 0.2) is 174 Å². The molecule has 0 unspecified atom stereocenters. The highest BCUT2D eigenvalue weighted by molar-refractivity contribution is 6.31. The molecule has 0 atom stereocenters. The summed E-state index contributed by atoms with van der Waals surface area (Å²) in [7, 11) is 0. The monoisotopic (exact) mass is 676 g/mol. The molecule has 0 N–H and O–H groups in total. The van der Waals surface area contributed by atoms with Gasteiger partial charge in [0.05, 0.1) is 44.4 Å². The van der Waals surface area contributed by atoms with Crippen LogP contribution in [-0.2, 0) is 0 Å². The van der Waals surface area contributed by atoms with Gasteiger partial charge in [0.2, 0.25) is 5.95 Å². The molecule has 12 aromatic rings. The lowest BCUT2D eigenvalue weighted by molar-refractivity contribution is 0.669. The molecule has 0 saturated carbocycles. The average Bonchev–Trinajstić information content (AvgIpc) is 3.88. The molecule has 0 saturated heterocycles. The fourth-order valence-corrected chi connectivity index (χ4v) is 8.69. The first-order chi connectivity index (χ1) is 26.3. The molecule has 8 aromatic carbocycles. The van der Waals surface area contributed by atoms with Gasteiger partial charge in [0.25, 0.3) is 0 Å².